The molecule has 0 aliphatic carbocycles. The SMILES string of the molecule is Cc1cccc(-n2nnnc2SCC(O)COc2ccc(Cl)cc2)c1. The molecule has 130 valence electrons. The number of aromatic nitrogens is 4. The fraction of sp³-hybridized carbons (Fsp3) is 0.235. The van der Waals surface area contributed by atoms with Crippen LogP contribution < -0.4 is 4.74 Å². The smallest absolute Gasteiger partial charge is 0.214 e. The zero-order chi connectivity index (χ0) is 17.6. The molecule has 25 heavy (non-hydrogen) atoms. The molecule has 0 saturated heterocycles. The van der Waals surface area contributed by atoms with E-state index in [-0.39, 0.29) is 6.61 Å². The zero-order valence-corrected chi connectivity index (χ0v) is 15.1. The van der Waals surface area contributed by atoms with E-state index in [0.29, 0.717) is 21.7 Å². The van der Waals surface area contributed by atoms with E-state index in [4.69, 9.17) is 16.3 Å². The van der Waals surface area contributed by atoms with Crippen molar-refractivity contribution in [3.05, 3.63) is 59.1 Å². The van der Waals surface area contributed by atoms with Crippen molar-refractivity contribution in [1.29, 1.82) is 0 Å². The highest BCUT2D eigenvalue weighted by molar-refractivity contribution is 7.99. The van der Waals surface area contributed by atoms with Crippen molar-refractivity contribution in [2.24, 2.45) is 0 Å². The number of benzene rings is 2. The number of hydrogen-bond donors (Lipinski definition) is 1. The van der Waals surface area contributed by atoms with E-state index in [1.807, 2.05) is 31.2 Å². The van der Waals surface area contributed by atoms with Gasteiger partial charge in [0.25, 0.3) is 0 Å². The lowest BCUT2D eigenvalue weighted by Gasteiger charge is -2.12. The lowest BCUT2D eigenvalue weighted by atomic mass is 10.2. The van der Waals surface area contributed by atoms with Gasteiger partial charge in [0.1, 0.15) is 12.4 Å². The van der Waals surface area contributed by atoms with Gasteiger partial charge in [-0.15, -0.1) is 5.10 Å². The summed E-state index contributed by atoms with van der Waals surface area (Å²) in [5, 5.41) is 23.1. The topological polar surface area (TPSA) is 73.1 Å². The largest absolute Gasteiger partial charge is 0.491 e. The normalized spacial score (nSPS) is 12.1. The first-order valence-corrected chi connectivity index (χ1v) is 9.03. The molecule has 1 heterocycles. The van der Waals surface area contributed by atoms with E-state index >= 15 is 0 Å². The Morgan fingerprint density at radius 1 is 1.24 bits per heavy atom. The number of halogens is 1. The highest BCUT2D eigenvalue weighted by Crippen LogP contribution is 2.20. The number of ether oxygens (including phenoxy) is 1. The molecule has 2 aromatic carbocycles. The van der Waals surface area contributed by atoms with Crippen molar-refractivity contribution in [2.75, 3.05) is 12.4 Å². The molecule has 1 N–H and O–H groups in total. The Morgan fingerprint density at radius 3 is 2.80 bits per heavy atom. The van der Waals surface area contributed by atoms with Gasteiger partial charge in [-0.25, -0.2) is 0 Å². The Kier molecular flexibility index (Phi) is 5.91. The van der Waals surface area contributed by atoms with Gasteiger partial charge in [0.15, 0.2) is 0 Å². The lowest BCUT2D eigenvalue weighted by molar-refractivity contribution is 0.126. The van der Waals surface area contributed by atoms with Crippen molar-refractivity contribution in [3.63, 3.8) is 0 Å². The standard InChI is InChI=1S/C17H17ClN4O2S/c1-12-3-2-4-14(9-12)22-17(19-20-21-22)25-11-15(23)10-24-16-7-5-13(18)6-8-16/h2-9,15,23H,10-11H2,1H3. The van der Waals surface area contributed by atoms with E-state index in [0.717, 1.165) is 11.3 Å². The van der Waals surface area contributed by atoms with Gasteiger partial charge in [-0.05, 0) is 59.3 Å². The van der Waals surface area contributed by atoms with Gasteiger partial charge in [0, 0.05) is 10.8 Å². The number of tetrazole rings is 1. The molecule has 0 saturated carbocycles. The van der Waals surface area contributed by atoms with Gasteiger partial charge in [0.2, 0.25) is 5.16 Å². The van der Waals surface area contributed by atoms with E-state index in [9.17, 15) is 5.11 Å². The predicted molar refractivity (Wildman–Crippen MR) is 97.6 cm³/mol. The second-order valence-electron chi connectivity index (χ2n) is 5.44. The molecule has 6 nitrogen and oxygen atoms in total. The summed E-state index contributed by atoms with van der Waals surface area (Å²) < 4.78 is 7.20. The van der Waals surface area contributed by atoms with Crippen molar-refractivity contribution >= 4 is 23.4 Å². The van der Waals surface area contributed by atoms with Gasteiger partial charge in [-0.3, -0.25) is 0 Å². The zero-order valence-electron chi connectivity index (χ0n) is 13.5. The van der Waals surface area contributed by atoms with Crippen LogP contribution in [0.1, 0.15) is 5.56 Å². The number of rotatable bonds is 7. The maximum absolute atomic E-state index is 10.1. The first kappa shape index (κ1) is 17.7. The number of aryl methyl sites for hydroxylation is 1. The molecule has 0 aliphatic rings. The van der Waals surface area contributed by atoms with Gasteiger partial charge >= 0.3 is 0 Å². The van der Waals surface area contributed by atoms with Crippen LogP contribution in [-0.4, -0.2) is 43.8 Å². The molecular weight excluding hydrogens is 360 g/mol. The summed E-state index contributed by atoms with van der Waals surface area (Å²) in [6.07, 6.45) is -0.650. The molecule has 1 unspecified atom stereocenters. The van der Waals surface area contributed by atoms with Crippen LogP contribution in [-0.2, 0) is 0 Å². The highest BCUT2D eigenvalue weighted by Gasteiger charge is 2.13. The minimum absolute atomic E-state index is 0.181. The number of aliphatic hydroxyl groups excluding tert-OH is 1. The van der Waals surface area contributed by atoms with Crippen LogP contribution in [0.15, 0.2) is 53.7 Å². The third kappa shape index (κ3) is 4.94. The van der Waals surface area contributed by atoms with Gasteiger partial charge in [0.05, 0.1) is 11.8 Å². The monoisotopic (exact) mass is 376 g/mol. The van der Waals surface area contributed by atoms with Crippen molar-refractivity contribution in [3.8, 4) is 11.4 Å². The number of hydrogen-bond acceptors (Lipinski definition) is 6. The molecule has 0 bridgehead atoms. The third-order valence-corrected chi connectivity index (χ3v) is 4.66. The summed E-state index contributed by atoms with van der Waals surface area (Å²) in [6, 6.07) is 14.9. The van der Waals surface area contributed by atoms with Crippen LogP contribution in [0.5, 0.6) is 5.75 Å². The van der Waals surface area contributed by atoms with Crippen LogP contribution >= 0.6 is 23.4 Å². The van der Waals surface area contributed by atoms with Crippen LogP contribution in [0.25, 0.3) is 5.69 Å². The number of aliphatic hydroxyl groups is 1. The molecule has 1 aromatic heterocycles. The first-order valence-electron chi connectivity index (χ1n) is 7.66. The quantitative estimate of drug-likeness (QED) is 0.638. The molecular formula is C17H17ClN4O2S. The van der Waals surface area contributed by atoms with Crippen LogP contribution in [0.4, 0.5) is 0 Å². The number of thioether (sulfide) groups is 1. The van der Waals surface area contributed by atoms with Crippen LogP contribution in [0, 0.1) is 6.92 Å². The molecule has 8 heteroatoms. The maximum atomic E-state index is 10.1. The Bertz CT molecular complexity index is 826. The average Bonchev–Trinajstić information content (AvgIpc) is 3.08. The van der Waals surface area contributed by atoms with Crippen LogP contribution in [0.3, 0.4) is 0 Å². The van der Waals surface area contributed by atoms with Gasteiger partial charge in [-0.1, -0.05) is 35.5 Å². The summed E-state index contributed by atoms with van der Waals surface area (Å²) >= 11 is 7.20. The molecule has 3 aromatic rings. The van der Waals surface area contributed by atoms with Crippen molar-refractivity contribution in [1.82, 2.24) is 20.2 Å². The summed E-state index contributed by atoms with van der Waals surface area (Å²) in [6.45, 7) is 2.19. The Hall–Kier alpha value is -2.09. The second kappa shape index (κ2) is 8.33. The summed E-state index contributed by atoms with van der Waals surface area (Å²) in [5.74, 6) is 1.08. The van der Waals surface area contributed by atoms with Crippen molar-refractivity contribution in [2.45, 2.75) is 18.2 Å². The van der Waals surface area contributed by atoms with E-state index in [1.54, 1.807) is 28.9 Å². The van der Waals surface area contributed by atoms with Crippen LogP contribution in [0.2, 0.25) is 5.02 Å². The first-order chi connectivity index (χ1) is 12.1. The molecule has 0 amide bonds. The minimum atomic E-state index is -0.650. The second-order valence-corrected chi connectivity index (χ2v) is 6.87. The molecule has 0 aliphatic heterocycles. The molecule has 0 spiro atoms. The summed E-state index contributed by atoms with van der Waals surface area (Å²) in [5.41, 5.74) is 2.01. The molecule has 3 rings (SSSR count). The van der Waals surface area contributed by atoms with Gasteiger partial charge in [-0.2, -0.15) is 4.68 Å². The van der Waals surface area contributed by atoms with E-state index in [1.165, 1.54) is 11.8 Å². The maximum Gasteiger partial charge on any atom is 0.214 e. The minimum Gasteiger partial charge on any atom is -0.491 e. The third-order valence-electron chi connectivity index (χ3n) is 3.35. The van der Waals surface area contributed by atoms with Crippen molar-refractivity contribution < 1.29 is 9.84 Å². The predicted octanol–water partition coefficient (Wildman–Crippen LogP) is 3.16. The van der Waals surface area contributed by atoms with E-state index < -0.39 is 6.10 Å². The Balaban J connectivity index is 1.55. The Labute approximate surface area is 154 Å². The fourth-order valence-electron chi connectivity index (χ4n) is 2.13. The van der Waals surface area contributed by atoms with E-state index in [2.05, 4.69) is 15.5 Å². The molecule has 0 radical (unpaired) electrons. The average molecular weight is 377 g/mol. The molecule has 1 atom stereocenters. The Morgan fingerprint density at radius 2 is 2.04 bits per heavy atom. The summed E-state index contributed by atoms with van der Waals surface area (Å²) in [4.78, 5) is 0. The highest BCUT2D eigenvalue weighted by atomic mass is 35.5. The fourth-order valence-corrected chi connectivity index (χ4v) is 3.05. The van der Waals surface area contributed by atoms with Gasteiger partial charge < -0.3 is 9.84 Å². The molecule has 0 fully saturated rings. The number of nitrogens with zero attached hydrogens (tertiary/aromatic N) is 4. The lowest BCUT2D eigenvalue weighted by Crippen LogP contribution is -2.20. The summed E-state index contributed by atoms with van der Waals surface area (Å²) in [7, 11) is 0.